The maximum atomic E-state index is 5.57. The molecule has 0 bridgehead atoms. The van der Waals surface area contributed by atoms with Crippen LogP contribution in [-0.2, 0) is 6.54 Å². The Morgan fingerprint density at radius 2 is 1.89 bits per heavy atom. The second-order valence-corrected chi connectivity index (χ2v) is 5.17. The van der Waals surface area contributed by atoms with Gasteiger partial charge >= 0.3 is 0 Å². The van der Waals surface area contributed by atoms with Gasteiger partial charge < -0.3 is 10.1 Å². The average Bonchev–Trinajstić information content (AvgIpc) is 2.72. The van der Waals surface area contributed by atoms with Crippen molar-refractivity contribution in [3.05, 3.63) is 29.8 Å². The van der Waals surface area contributed by atoms with E-state index in [1.807, 2.05) is 18.2 Å². The lowest BCUT2D eigenvalue weighted by Gasteiger charge is -2.17. The molecule has 0 radical (unpaired) electrons. The van der Waals surface area contributed by atoms with Gasteiger partial charge in [0, 0.05) is 18.2 Å². The summed E-state index contributed by atoms with van der Waals surface area (Å²) < 4.78 is 5.57. The third-order valence-corrected chi connectivity index (χ3v) is 3.72. The van der Waals surface area contributed by atoms with Crippen molar-refractivity contribution >= 4 is 0 Å². The van der Waals surface area contributed by atoms with E-state index in [9.17, 15) is 0 Å². The Kier molecular flexibility index (Phi) is 5.78. The van der Waals surface area contributed by atoms with Crippen LogP contribution in [0.25, 0.3) is 0 Å². The Bertz CT molecular complexity index is 414. The molecule has 1 aliphatic rings. The molecule has 0 saturated heterocycles. The fourth-order valence-electron chi connectivity index (χ4n) is 2.65. The molecule has 0 amide bonds. The van der Waals surface area contributed by atoms with Crippen molar-refractivity contribution in [3.63, 3.8) is 0 Å². The lowest BCUT2D eigenvalue weighted by Crippen LogP contribution is -2.28. The van der Waals surface area contributed by atoms with Gasteiger partial charge in [0.1, 0.15) is 12.4 Å². The first-order valence-corrected chi connectivity index (χ1v) is 7.27. The predicted molar refractivity (Wildman–Crippen MR) is 79.1 cm³/mol. The summed E-state index contributed by atoms with van der Waals surface area (Å²) in [7, 11) is 0. The van der Waals surface area contributed by atoms with E-state index in [0.29, 0.717) is 12.6 Å². The predicted octanol–water partition coefficient (Wildman–Crippen LogP) is 3.51. The molecule has 2 nitrogen and oxygen atoms in total. The molecule has 0 spiro atoms. The Morgan fingerprint density at radius 1 is 1.16 bits per heavy atom. The van der Waals surface area contributed by atoms with Crippen LogP contribution in [0.5, 0.6) is 5.75 Å². The summed E-state index contributed by atoms with van der Waals surface area (Å²) in [6.07, 6.45) is 13.3. The molecule has 19 heavy (non-hydrogen) atoms. The van der Waals surface area contributed by atoms with Gasteiger partial charge in [-0.05, 0) is 18.9 Å². The number of nitrogens with one attached hydrogen (secondary N) is 1. The second kappa shape index (κ2) is 7.86. The topological polar surface area (TPSA) is 21.3 Å². The molecule has 0 aromatic heterocycles. The molecular formula is C17H23NO. The molecule has 1 fully saturated rings. The Morgan fingerprint density at radius 3 is 2.63 bits per heavy atom. The van der Waals surface area contributed by atoms with Crippen LogP contribution in [0.3, 0.4) is 0 Å². The molecule has 1 aromatic carbocycles. The van der Waals surface area contributed by atoms with Gasteiger partial charge in [0.25, 0.3) is 0 Å². The van der Waals surface area contributed by atoms with E-state index in [-0.39, 0.29) is 0 Å². The summed E-state index contributed by atoms with van der Waals surface area (Å²) in [6, 6.07) is 8.79. The van der Waals surface area contributed by atoms with Crippen molar-refractivity contribution in [1.82, 2.24) is 5.32 Å². The van der Waals surface area contributed by atoms with Crippen molar-refractivity contribution in [2.75, 3.05) is 6.61 Å². The lowest BCUT2D eigenvalue weighted by molar-refractivity contribution is 0.362. The van der Waals surface area contributed by atoms with Crippen molar-refractivity contribution in [3.8, 4) is 18.1 Å². The molecule has 0 heterocycles. The third kappa shape index (κ3) is 4.61. The smallest absolute Gasteiger partial charge is 0.148 e. The van der Waals surface area contributed by atoms with E-state index in [4.69, 9.17) is 11.2 Å². The first-order chi connectivity index (χ1) is 9.40. The molecule has 0 aliphatic heterocycles. The van der Waals surface area contributed by atoms with E-state index in [1.54, 1.807) is 0 Å². The van der Waals surface area contributed by atoms with Crippen LogP contribution >= 0.6 is 0 Å². The molecule has 1 aliphatic carbocycles. The molecule has 0 atom stereocenters. The van der Waals surface area contributed by atoms with Gasteiger partial charge in [-0.1, -0.05) is 49.8 Å². The number of hydrogen-bond donors (Lipinski definition) is 1. The van der Waals surface area contributed by atoms with Crippen molar-refractivity contribution in [2.45, 2.75) is 51.1 Å². The van der Waals surface area contributed by atoms with E-state index < -0.39 is 0 Å². The van der Waals surface area contributed by atoms with E-state index >= 15 is 0 Å². The number of para-hydroxylation sites is 1. The summed E-state index contributed by atoms with van der Waals surface area (Å²) in [5.74, 6) is 3.42. The Balaban J connectivity index is 1.89. The van der Waals surface area contributed by atoms with E-state index in [1.165, 1.54) is 44.1 Å². The highest BCUT2D eigenvalue weighted by Crippen LogP contribution is 2.20. The molecule has 0 unspecified atom stereocenters. The van der Waals surface area contributed by atoms with Crippen LogP contribution < -0.4 is 10.1 Å². The summed E-state index contributed by atoms with van der Waals surface area (Å²) in [5, 5.41) is 3.66. The SMILES string of the molecule is C#CCOc1ccccc1CNC1CCCCCC1. The zero-order chi connectivity index (χ0) is 13.3. The minimum Gasteiger partial charge on any atom is -0.481 e. The zero-order valence-corrected chi connectivity index (χ0v) is 11.5. The highest BCUT2D eigenvalue weighted by atomic mass is 16.5. The maximum absolute atomic E-state index is 5.57. The van der Waals surface area contributed by atoms with Gasteiger partial charge in [-0.15, -0.1) is 6.42 Å². The zero-order valence-electron chi connectivity index (χ0n) is 11.5. The van der Waals surface area contributed by atoms with Gasteiger partial charge in [-0.2, -0.15) is 0 Å². The normalized spacial score (nSPS) is 16.6. The fraction of sp³-hybridized carbons (Fsp3) is 0.529. The number of hydrogen-bond acceptors (Lipinski definition) is 2. The molecule has 1 N–H and O–H groups in total. The molecule has 1 saturated carbocycles. The summed E-state index contributed by atoms with van der Waals surface area (Å²) in [4.78, 5) is 0. The van der Waals surface area contributed by atoms with Crippen molar-refractivity contribution < 1.29 is 4.74 Å². The standard InChI is InChI=1S/C17H23NO/c1-2-13-19-17-12-8-7-9-15(17)14-18-16-10-5-3-4-6-11-16/h1,7-9,12,16,18H,3-6,10-11,13-14H2. The molecule has 1 aromatic rings. The van der Waals surface area contributed by atoms with Crippen LogP contribution in [0, 0.1) is 12.3 Å². The molecular weight excluding hydrogens is 234 g/mol. The van der Waals surface area contributed by atoms with Crippen LogP contribution in [0.15, 0.2) is 24.3 Å². The lowest BCUT2D eigenvalue weighted by atomic mass is 10.1. The van der Waals surface area contributed by atoms with Gasteiger partial charge in [0.05, 0.1) is 0 Å². The van der Waals surface area contributed by atoms with Gasteiger partial charge in [0.15, 0.2) is 0 Å². The number of benzene rings is 1. The largest absolute Gasteiger partial charge is 0.481 e. The number of ether oxygens (including phenoxy) is 1. The number of rotatable bonds is 5. The maximum Gasteiger partial charge on any atom is 0.148 e. The van der Waals surface area contributed by atoms with E-state index in [0.717, 1.165) is 12.3 Å². The Hall–Kier alpha value is -1.46. The fourth-order valence-corrected chi connectivity index (χ4v) is 2.65. The summed E-state index contributed by atoms with van der Waals surface area (Å²) in [5.41, 5.74) is 1.20. The second-order valence-electron chi connectivity index (χ2n) is 5.17. The highest BCUT2D eigenvalue weighted by Gasteiger charge is 2.12. The van der Waals surface area contributed by atoms with Crippen LogP contribution in [-0.4, -0.2) is 12.6 Å². The summed E-state index contributed by atoms with van der Waals surface area (Å²) in [6.45, 7) is 1.20. The number of terminal acetylenes is 1. The monoisotopic (exact) mass is 257 g/mol. The highest BCUT2D eigenvalue weighted by molar-refractivity contribution is 5.33. The van der Waals surface area contributed by atoms with Gasteiger partial charge in [-0.25, -0.2) is 0 Å². The average molecular weight is 257 g/mol. The summed E-state index contributed by atoms with van der Waals surface area (Å²) >= 11 is 0. The molecule has 2 rings (SSSR count). The van der Waals surface area contributed by atoms with E-state index in [2.05, 4.69) is 17.3 Å². The van der Waals surface area contributed by atoms with Crippen molar-refractivity contribution in [1.29, 1.82) is 0 Å². The minimum atomic E-state index is 0.334. The van der Waals surface area contributed by atoms with Crippen LogP contribution in [0.2, 0.25) is 0 Å². The van der Waals surface area contributed by atoms with Crippen LogP contribution in [0.4, 0.5) is 0 Å². The van der Waals surface area contributed by atoms with Crippen LogP contribution in [0.1, 0.15) is 44.1 Å². The first kappa shape index (κ1) is 14.0. The molecule has 102 valence electrons. The van der Waals surface area contributed by atoms with Gasteiger partial charge in [-0.3, -0.25) is 0 Å². The quantitative estimate of drug-likeness (QED) is 0.644. The minimum absolute atomic E-state index is 0.334. The first-order valence-electron chi connectivity index (χ1n) is 7.27. The van der Waals surface area contributed by atoms with Crippen molar-refractivity contribution in [2.24, 2.45) is 0 Å². The Labute approximate surface area is 116 Å². The molecule has 2 heteroatoms. The van der Waals surface area contributed by atoms with Gasteiger partial charge in [0.2, 0.25) is 0 Å². The third-order valence-electron chi connectivity index (χ3n) is 3.72.